The number of hydrazone groups is 1. The smallest absolute Gasteiger partial charge is 0.110 e. The van der Waals surface area contributed by atoms with E-state index in [4.69, 9.17) is 5.73 Å². The van der Waals surface area contributed by atoms with Gasteiger partial charge in [0, 0.05) is 6.20 Å². The summed E-state index contributed by atoms with van der Waals surface area (Å²) in [5.41, 5.74) is 4.96. The Morgan fingerprint density at radius 1 is 1.62 bits per heavy atom. The van der Waals surface area contributed by atoms with Gasteiger partial charge in [-0.25, -0.2) is 0 Å². The summed E-state index contributed by atoms with van der Waals surface area (Å²) in [7, 11) is 0. The van der Waals surface area contributed by atoms with Crippen molar-refractivity contribution in [3.63, 3.8) is 0 Å². The van der Waals surface area contributed by atoms with Gasteiger partial charge in [0.25, 0.3) is 0 Å². The van der Waals surface area contributed by atoms with Gasteiger partial charge in [-0.3, -0.25) is 5.01 Å². The second kappa shape index (κ2) is 4.29. The summed E-state index contributed by atoms with van der Waals surface area (Å²) >= 11 is 0. The van der Waals surface area contributed by atoms with Crippen LogP contribution in [0.15, 0.2) is 30.0 Å². The highest BCUT2D eigenvalue weighted by atomic mass is 16.3. The van der Waals surface area contributed by atoms with Gasteiger partial charge in [-0.1, -0.05) is 27.0 Å². The monoisotopic (exact) mass is 223 g/mol. The standard InChI is InChI=1S/C12H21N3O/c1-5-15(14-9-13)8-12(16)10(2)6-7-11(12,3)4/h5,9,16H,1-2,6-8H2,3-4H3,(H2,13,14). The molecule has 1 aliphatic rings. The van der Waals surface area contributed by atoms with Crippen LogP contribution in [-0.2, 0) is 0 Å². The van der Waals surface area contributed by atoms with E-state index in [0.29, 0.717) is 6.54 Å². The summed E-state index contributed by atoms with van der Waals surface area (Å²) in [4.78, 5) is 0. The van der Waals surface area contributed by atoms with E-state index in [-0.39, 0.29) is 5.41 Å². The normalized spacial score (nSPS) is 28.6. The van der Waals surface area contributed by atoms with Gasteiger partial charge in [0.15, 0.2) is 0 Å². The van der Waals surface area contributed by atoms with Crippen molar-refractivity contribution in [2.45, 2.75) is 32.3 Å². The van der Waals surface area contributed by atoms with Gasteiger partial charge >= 0.3 is 0 Å². The fourth-order valence-corrected chi connectivity index (χ4v) is 2.15. The second-order valence-electron chi connectivity index (χ2n) is 4.89. The quantitative estimate of drug-likeness (QED) is 0.328. The minimum absolute atomic E-state index is 0.199. The summed E-state index contributed by atoms with van der Waals surface area (Å²) in [6.45, 7) is 12.0. The lowest BCUT2D eigenvalue weighted by molar-refractivity contribution is -0.0312. The maximum atomic E-state index is 10.7. The third-order valence-electron chi connectivity index (χ3n) is 3.57. The molecule has 0 spiro atoms. The van der Waals surface area contributed by atoms with Crippen LogP contribution < -0.4 is 5.73 Å². The molecule has 0 heterocycles. The highest BCUT2D eigenvalue weighted by Gasteiger charge is 2.50. The molecule has 1 rings (SSSR count). The van der Waals surface area contributed by atoms with Crippen LogP contribution in [0.4, 0.5) is 0 Å². The zero-order valence-corrected chi connectivity index (χ0v) is 10.1. The lowest BCUT2D eigenvalue weighted by atomic mass is 9.76. The highest BCUT2D eigenvalue weighted by molar-refractivity contribution is 5.50. The van der Waals surface area contributed by atoms with E-state index in [1.807, 2.05) is 13.8 Å². The molecule has 0 aromatic carbocycles. The van der Waals surface area contributed by atoms with Crippen LogP contribution in [0.25, 0.3) is 0 Å². The van der Waals surface area contributed by atoms with Gasteiger partial charge in [-0.05, 0) is 23.8 Å². The van der Waals surface area contributed by atoms with E-state index in [1.54, 1.807) is 6.20 Å². The first kappa shape index (κ1) is 12.8. The van der Waals surface area contributed by atoms with E-state index in [9.17, 15) is 5.11 Å². The Morgan fingerprint density at radius 3 is 2.62 bits per heavy atom. The van der Waals surface area contributed by atoms with E-state index in [1.165, 1.54) is 11.3 Å². The number of nitrogens with two attached hydrogens (primary N) is 1. The van der Waals surface area contributed by atoms with Gasteiger partial charge in [0.1, 0.15) is 11.9 Å². The third kappa shape index (κ3) is 1.97. The second-order valence-corrected chi connectivity index (χ2v) is 4.89. The molecule has 1 fully saturated rings. The molecule has 4 nitrogen and oxygen atoms in total. The van der Waals surface area contributed by atoms with Crippen molar-refractivity contribution >= 4 is 6.34 Å². The van der Waals surface area contributed by atoms with Crippen LogP contribution >= 0.6 is 0 Å². The number of hydrogen-bond donors (Lipinski definition) is 2. The lowest BCUT2D eigenvalue weighted by Crippen LogP contribution is -2.48. The van der Waals surface area contributed by atoms with Crippen molar-refractivity contribution in [1.82, 2.24) is 5.01 Å². The summed E-state index contributed by atoms with van der Waals surface area (Å²) in [5, 5.41) is 16.2. The molecular weight excluding hydrogens is 202 g/mol. The van der Waals surface area contributed by atoms with Crippen molar-refractivity contribution in [3.8, 4) is 0 Å². The molecule has 0 aromatic heterocycles. The Hall–Kier alpha value is -1.29. The first-order valence-corrected chi connectivity index (χ1v) is 5.41. The van der Waals surface area contributed by atoms with Crippen LogP contribution in [0.3, 0.4) is 0 Å². The average molecular weight is 223 g/mol. The summed E-state index contributed by atoms with van der Waals surface area (Å²) in [5.74, 6) is 0. The molecule has 1 atom stereocenters. The molecule has 0 aromatic rings. The van der Waals surface area contributed by atoms with Crippen LogP contribution in [0.5, 0.6) is 0 Å². The zero-order valence-electron chi connectivity index (χ0n) is 10.1. The van der Waals surface area contributed by atoms with Gasteiger partial charge < -0.3 is 10.8 Å². The number of rotatable bonds is 4. The van der Waals surface area contributed by atoms with Crippen molar-refractivity contribution < 1.29 is 5.11 Å². The Balaban J connectivity index is 2.91. The molecule has 0 aliphatic heterocycles. The van der Waals surface area contributed by atoms with Gasteiger partial charge in [0.05, 0.1) is 6.54 Å². The Kier molecular flexibility index (Phi) is 3.43. The average Bonchev–Trinajstić information content (AvgIpc) is 2.42. The molecule has 4 heteroatoms. The van der Waals surface area contributed by atoms with Gasteiger partial charge in [-0.2, -0.15) is 5.10 Å². The summed E-state index contributed by atoms with van der Waals surface area (Å²) < 4.78 is 0. The van der Waals surface area contributed by atoms with Crippen LogP contribution in [0.2, 0.25) is 0 Å². The molecule has 90 valence electrons. The number of hydrogen-bond acceptors (Lipinski definition) is 3. The predicted octanol–water partition coefficient (Wildman–Crippen LogP) is 1.44. The van der Waals surface area contributed by atoms with Crippen LogP contribution in [-0.4, -0.2) is 28.6 Å². The van der Waals surface area contributed by atoms with Crippen LogP contribution in [0, 0.1) is 5.41 Å². The fourth-order valence-electron chi connectivity index (χ4n) is 2.15. The summed E-state index contributed by atoms with van der Waals surface area (Å²) in [6, 6.07) is 0. The molecule has 16 heavy (non-hydrogen) atoms. The molecule has 1 aliphatic carbocycles. The Bertz CT molecular complexity index is 322. The van der Waals surface area contributed by atoms with E-state index >= 15 is 0 Å². The molecule has 1 saturated carbocycles. The number of aliphatic hydroxyl groups is 1. The maximum absolute atomic E-state index is 10.7. The van der Waals surface area contributed by atoms with Crippen molar-refractivity contribution in [2.75, 3.05) is 6.54 Å². The van der Waals surface area contributed by atoms with E-state index in [2.05, 4.69) is 18.3 Å². The van der Waals surface area contributed by atoms with Gasteiger partial charge in [-0.15, -0.1) is 0 Å². The molecule has 3 N–H and O–H groups in total. The first-order valence-electron chi connectivity index (χ1n) is 5.41. The van der Waals surface area contributed by atoms with E-state index < -0.39 is 5.60 Å². The number of nitrogens with zero attached hydrogens (tertiary/aromatic N) is 2. The van der Waals surface area contributed by atoms with Gasteiger partial charge in [0.2, 0.25) is 0 Å². The zero-order chi connectivity index (χ0) is 12.4. The Labute approximate surface area is 97.1 Å². The van der Waals surface area contributed by atoms with Crippen molar-refractivity contribution in [2.24, 2.45) is 16.3 Å². The Morgan fingerprint density at radius 2 is 2.25 bits per heavy atom. The molecule has 0 radical (unpaired) electrons. The fraction of sp³-hybridized carbons (Fsp3) is 0.583. The maximum Gasteiger partial charge on any atom is 0.110 e. The lowest BCUT2D eigenvalue weighted by Gasteiger charge is -2.39. The largest absolute Gasteiger partial charge is 0.388 e. The molecular formula is C12H21N3O. The molecule has 0 bridgehead atoms. The SMILES string of the molecule is C=CN(CC1(O)C(=C)CCC1(C)C)/N=C\N. The minimum Gasteiger partial charge on any atom is -0.388 e. The predicted molar refractivity (Wildman–Crippen MR) is 66.7 cm³/mol. The van der Waals surface area contributed by atoms with E-state index in [0.717, 1.165) is 18.4 Å². The van der Waals surface area contributed by atoms with Crippen LogP contribution in [0.1, 0.15) is 26.7 Å². The molecule has 0 amide bonds. The van der Waals surface area contributed by atoms with Crippen molar-refractivity contribution in [3.05, 3.63) is 24.9 Å². The minimum atomic E-state index is -0.937. The highest BCUT2D eigenvalue weighted by Crippen LogP contribution is 2.49. The summed E-state index contributed by atoms with van der Waals surface area (Å²) in [6.07, 6.45) is 4.51. The molecule has 0 saturated heterocycles. The topological polar surface area (TPSA) is 61.8 Å². The molecule has 1 unspecified atom stereocenters. The van der Waals surface area contributed by atoms with Crippen molar-refractivity contribution in [1.29, 1.82) is 0 Å². The first-order chi connectivity index (χ1) is 7.37. The third-order valence-corrected chi connectivity index (χ3v) is 3.57.